The molecule has 0 saturated heterocycles. The molecule has 55 heavy (non-hydrogen) atoms. The van der Waals surface area contributed by atoms with E-state index in [0.29, 0.717) is 0 Å². The first-order valence-corrected chi connectivity index (χ1v) is 19.5. The molecule has 0 spiro atoms. The average Bonchev–Trinajstić information content (AvgIpc) is 3.89. The molecule has 260 valence electrons. The number of rotatable bonds is 6. The molecule has 1 aliphatic heterocycles. The molecule has 11 rings (SSSR count). The van der Waals surface area contributed by atoms with E-state index < -0.39 is 0 Å². The number of fused-ring (bicyclic) bond motifs is 9. The molecular weight excluding hydrogens is 689 g/mol. The summed E-state index contributed by atoms with van der Waals surface area (Å²) in [6.45, 7) is 0. The summed E-state index contributed by atoms with van der Waals surface area (Å²) in [5.74, 6) is 0.913. The highest BCUT2D eigenvalue weighted by atomic mass is 32.1. The van der Waals surface area contributed by atoms with Crippen molar-refractivity contribution in [1.82, 2.24) is 0 Å². The van der Waals surface area contributed by atoms with Crippen LogP contribution in [0.25, 0.3) is 64.0 Å². The van der Waals surface area contributed by atoms with Crippen LogP contribution < -0.4 is 15.0 Å². The van der Waals surface area contributed by atoms with Crippen molar-refractivity contribution >= 4 is 75.8 Å². The topological polar surface area (TPSA) is 24.5 Å². The maximum absolute atomic E-state index is 6.62. The highest BCUT2D eigenvalue weighted by molar-refractivity contribution is 7.26. The summed E-state index contributed by atoms with van der Waals surface area (Å²) in [5, 5.41) is 10.9. The van der Waals surface area contributed by atoms with Gasteiger partial charge in [0.05, 0.1) is 16.1 Å². The van der Waals surface area contributed by atoms with E-state index in [1.807, 2.05) is 17.4 Å². The molecule has 3 nitrogen and oxygen atoms in total. The molecule has 0 amide bonds. The Morgan fingerprint density at radius 1 is 0.436 bits per heavy atom. The summed E-state index contributed by atoms with van der Waals surface area (Å²) in [4.78, 5) is 2.42. The predicted octanol–water partition coefficient (Wildman–Crippen LogP) is 14.7. The monoisotopic (exact) mass is 722 g/mol. The molecule has 0 bridgehead atoms. The Hall–Kier alpha value is -6.88. The van der Waals surface area contributed by atoms with Gasteiger partial charge >= 0.3 is 0 Å². The summed E-state index contributed by atoms with van der Waals surface area (Å²) in [7, 11) is 0. The molecule has 1 atom stereocenters. The molecule has 9 aromatic carbocycles. The van der Waals surface area contributed by atoms with Crippen molar-refractivity contribution < 1.29 is 4.74 Å². The summed E-state index contributed by atoms with van der Waals surface area (Å²) in [6, 6.07) is 69.8. The maximum atomic E-state index is 6.62. The Labute approximate surface area is 323 Å². The van der Waals surface area contributed by atoms with Gasteiger partial charge in [-0.15, -0.1) is 11.3 Å². The normalized spacial score (nSPS) is 13.6. The van der Waals surface area contributed by atoms with Crippen molar-refractivity contribution in [3.63, 3.8) is 0 Å². The van der Waals surface area contributed by atoms with Crippen molar-refractivity contribution in [3.05, 3.63) is 200 Å². The minimum atomic E-state index is -0.236. The lowest BCUT2D eigenvalue weighted by molar-refractivity contribution is 0.262. The highest BCUT2D eigenvalue weighted by Gasteiger charge is 2.28. The summed E-state index contributed by atoms with van der Waals surface area (Å²) >= 11 is 1.86. The Kier molecular flexibility index (Phi) is 7.42. The zero-order chi connectivity index (χ0) is 36.3. The number of anilines is 4. The summed E-state index contributed by atoms with van der Waals surface area (Å²) < 4.78 is 9.19. The first-order valence-electron chi connectivity index (χ1n) is 18.7. The quantitative estimate of drug-likeness (QED) is 0.173. The first-order chi connectivity index (χ1) is 27.3. The van der Waals surface area contributed by atoms with Crippen LogP contribution in [0.15, 0.2) is 194 Å². The van der Waals surface area contributed by atoms with E-state index >= 15 is 0 Å². The number of hydrogen-bond donors (Lipinski definition) is 1. The van der Waals surface area contributed by atoms with E-state index in [1.54, 1.807) is 0 Å². The van der Waals surface area contributed by atoms with Gasteiger partial charge in [0.15, 0.2) is 12.0 Å². The molecule has 1 N–H and O–H groups in total. The third kappa shape index (κ3) is 5.33. The minimum absolute atomic E-state index is 0.236. The fraction of sp³-hybridized carbons (Fsp3) is 0.0196. The van der Waals surface area contributed by atoms with Crippen LogP contribution in [0.3, 0.4) is 0 Å². The second-order valence-corrected chi connectivity index (χ2v) is 15.2. The smallest absolute Gasteiger partial charge is 0.196 e. The van der Waals surface area contributed by atoms with E-state index in [2.05, 4.69) is 198 Å². The van der Waals surface area contributed by atoms with Gasteiger partial charge in [-0.2, -0.15) is 0 Å². The Morgan fingerprint density at radius 2 is 1.07 bits per heavy atom. The van der Waals surface area contributed by atoms with E-state index in [9.17, 15) is 0 Å². The zero-order valence-corrected chi connectivity index (χ0v) is 30.6. The second kappa shape index (κ2) is 12.9. The molecule has 0 radical (unpaired) electrons. The Balaban J connectivity index is 1.05. The molecule has 1 unspecified atom stereocenters. The minimum Gasteiger partial charge on any atom is -0.464 e. The summed E-state index contributed by atoms with van der Waals surface area (Å²) in [5.41, 5.74) is 10.3. The van der Waals surface area contributed by atoms with Gasteiger partial charge in [0, 0.05) is 43.2 Å². The highest BCUT2D eigenvalue weighted by Crippen LogP contribution is 2.50. The van der Waals surface area contributed by atoms with Crippen LogP contribution in [0.4, 0.5) is 22.7 Å². The van der Waals surface area contributed by atoms with Gasteiger partial charge in [0.25, 0.3) is 0 Å². The van der Waals surface area contributed by atoms with Crippen molar-refractivity contribution in [3.8, 4) is 28.0 Å². The third-order valence-corrected chi connectivity index (χ3v) is 12.1. The maximum Gasteiger partial charge on any atom is 0.196 e. The largest absolute Gasteiger partial charge is 0.464 e. The molecule has 0 aliphatic carbocycles. The van der Waals surface area contributed by atoms with Gasteiger partial charge in [-0.25, -0.2) is 0 Å². The van der Waals surface area contributed by atoms with Gasteiger partial charge in [-0.1, -0.05) is 152 Å². The SMILES string of the molecule is c1ccc(-c2ccc(N(c3cccc(-c4ccc5c6c(c7ccccc7c5c4)OC(c4ccccc4)N6)c3)c3cccc4c3sc3ccccc34)cc2)cc1. The molecule has 0 saturated carbocycles. The predicted molar refractivity (Wildman–Crippen MR) is 233 cm³/mol. The van der Waals surface area contributed by atoms with E-state index in [4.69, 9.17) is 4.74 Å². The molecule has 1 aliphatic rings. The van der Waals surface area contributed by atoms with Crippen molar-refractivity contribution in [2.45, 2.75) is 6.23 Å². The molecule has 1 aromatic heterocycles. The van der Waals surface area contributed by atoms with Gasteiger partial charge in [-0.3, -0.25) is 0 Å². The van der Waals surface area contributed by atoms with Crippen LogP contribution in [0.5, 0.6) is 5.75 Å². The molecular formula is C51H34N2OS. The fourth-order valence-corrected chi connectivity index (χ4v) is 9.46. The van der Waals surface area contributed by atoms with Crippen LogP contribution >= 0.6 is 11.3 Å². The van der Waals surface area contributed by atoms with Gasteiger partial charge in [-0.05, 0) is 75.5 Å². The Bertz CT molecular complexity index is 3040. The summed E-state index contributed by atoms with van der Waals surface area (Å²) in [6.07, 6.45) is -0.236. The van der Waals surface area contributed by atoms with E-state index in [1.165, 1.54) is 47.8 Å². The van der Waals surface area contributed by atoms with Crippen molar-refractivity contribution in [1.29, 1.82) is 0 Å². The Morgan fingerprint density at radius 3 is 1.91 bits per heavy atom. The molecule has 4 heteroatoms. The third-order valence-electron chi connectivity index (χ3n) is 10.9. The lowest BCUT2D eigenvalue weighted by Crippen LogP contribution is -2.10. The first kappa shape index (κ1) is 31.6. The van der Waals surface area contributed by atoms with Crippen molar-refractivity contribution in [2.75, 3.05) is 10.2 Å². The van der Waals surface area contributed by atoms with Crippen LogP contribution in [0.1, 0.15) is 11.8 Å². The molecule has 10 aromatic rings. The fourth-order valence-electron chi connectivity index (χ4n) is 8.25. The molecule has 2 heterocycles. The van der Waals surface area contributed by atoms with Crippen LogP contribution in [-0.4, -0.2) is 0 Å². The van der Waals surface area contributed by atoms with Crippen LogP contribution in [-0.2, 0) is 0 Å². The zero-order valence-electron chi connectivity index (χ0n) is 29.8. The van der Waals surface area contributed by atoms with Crippen LogP contribution in [0.2, 0.25) is 0 Å². The number of thiophene rings is 1. The van der Waals surface area contributed by atoms with E-state index in [0.717, 1.165) is 50.3 Å². The van der Waals surface area contributed by atoms with Gasteiger partial charge in [0.2, 0.25) is 0 Å². The standard InChI is InChI=1S/C51H34N2OS/c1-3-13-33(14-4-1)34-25-28-38(29-26-34)53(46-23-12-22-44-41-20-9-10-24-47(41)55-50(44)46)39-18-11-17-36(31-39)37-27-30-42-45(32-37)40-19-7-8-21-43(40)49-48(42)52-51(54-49)35-15-5-2-6-16-35/h1-32,51-52H. The number of hydrogen-bond acceptors (Lipinski definition) is 4. The average molecular weight is 723 g/mol. The lowest BCUT2D eigenvalue weighted by atomic mass is 9.95. The second-order valence-electron chi connectivity index (χ2n) is 14.1. The number of ether oxygens (including phenoxy) is 1. The number of nitrogens with one attached hydrogen (secondary N) is 1. The lowest BCUT2D eigenvalue weighted by Gasteiger charge is -2.27. The van der Waals surface area contributed by atoms with Crippen LogP contribution in [0, 0.1) is 0 Å². The number of nitrogens with zero attached hydrogens (tertiary/aromatic N) is 1. The number of benzene rings is 9. The molecule has 0 fully saturated rings. The van der Waals surface area contributed by atoms with Crippen molar-refractivity contribution in [2.24, 2.45) is 0 Å². The van der Waals surface area contributed by atoms with Gasteiger partial charge < -0.3 is 15.0 Å². The van der Waals surface area contributed by atoms with Gasteiger partial charge in [0.1, 0.15) is 0 Å². The van der Waals surface area contributed by atoms with E-state index in [-0.39, 0.29) is 6.23 Å².